The lowest BCUT2D eigenvalue weighted by molar-refractivity contribution is 0.0811. The molecule has 106 valence electrons. The molecule has 1 saturated carbocycles. The van der Waals surface area contributed by atoms with E-state index < -0.39 is 6.10 Å². The minimum atomic E-state index is -0.438. The fourth-order valence-corrected chi connectivity index (χ4v) is 2.99. The second kappa shape index (κ2) is 5.68. The van der Waals surface area contributed by atoms with Crippen molar-refractivity contribution >= 4 is 12.1 Å². The van der Waals surface area contributed by atoms with Crippen LogP contribution in [0.25, 0.3) is 0 Å². The van der Waals surface area contributed by atoms with Crippen LogP contribution in [0.4, 0.5) is 0 Å². The van der Waals surface area contributed by atoms with Crippen LogP contribution in [0.5, 0.6) is 0 Å². The van der Waals surface area contributed by atoms with E-state index in [2.05, 4.69) is 15.5 Å². The summed E-state index contributed by atoms with van der Waals surface area (Å²) >= 11 is 0. The number of aliphatic hydroxyl groups is 1. The van der Waals surface area contributed by atoms with E-state index in [0.29, 0.717) is 17.9 Å². The highest BCUT2D eigenvalue weighted by atomic mass is 16.5. The molecule has 1 aliphatic heterocycles. The number of ether oxygens (including phenoxy) is 1. The first-order chi connectivity index (χ1) is 9.75. The Hall–Kier alpha value is -1.79. The van der Waals surface area contributed by atoms with Gasteiger partial charge in [0.05, 0.1) is 12.2 Å². The van der Waals surface area contributed by atoms with E-state index in [1.165, 1.54) is 0 Å². The van der Waals surface area contributed by atoms with E-state index >= 15 is 0 Å². The number of rotatable bonds is 3. The molecule has 4 atom stereocenters. The van der Waals surface area contributed by atoms with Crippen LogP contribution in [0.3, 0.4) is 0 Å². The molecule has 1 aromatic heterocycles. The second-order valence-corrected chi connectivity index (χ2v) is 5.20. The molecule has 2 aliphatic rings. The zero-order valence-corrected chi connectivity index (χ0v) is 11.0. The molecule has 2 N–H and O–H groups in total. The molecule has 6 nitrogen and oxygen atoms in total. The van der Waals surface area contributed by atoms with Crippen LogP contribution < -0.4 is 5.43 Å². The van der Waals surface area contributed by atoms with Gasteiger partial charge in [0.15, 0.2) is 0 Å². The smallest absolute Gasteiger partial charge is 0.271 e. The first-order valence-electron chi connectivity index (χ1n) is 6.79. The second-order valence-electron chi connectivity index (χ2n) is 5.20. The Morgan fingerprint density at radius 3 is 3.10 bits per heavy atom. The lowest BCUT2D eigenvalue weighted by Crippen LogP contribution is -2.24. The van der Waals surface area contributed by atoms with Crippen LogP contribution in [0.1, 0.15) is 23.2 Å². The Morgan fingerprint density at radius 2 is 2.30 bits per heavy atom. The molecule has 3 rings (SSSR count). The maximum absolute atomic E-state index is 11.8. The van der Waals surface area contributed by atoms with Crippen LogP contribution in [0, 0.1) is 11.8 Å². The van der Waals surface area contributed by atoms with Crippen LogP contribution in [0.2, 0.25) is 0 Å². The number of hydrogen-bond acceptors (Lipinski definition) is 5. The van der Waals surface area contributed by atoms with Crippen LogP contribution in [-0.4, -0.2) is 41.0 Å². The molecule has 2 fully saturated rings. The lowest BCUT2D eigenvalue weighted by Gasteiger charge is -2.14. The number of carbonyl (C=O) groups excluding carboxylic acids is 1. The van der Waals surface area contributed by atoms with E-state index in [4.69, 9.17) is 4.74 Å². The number of hydrazone groups is 1. The van der Waals surface area contributed by atoms with Crippen molar-refractivity contribution in [1.82, 2.24) is 10.4 Å². The molecule has 0 aromatic carbocycles. The Morgan fingerprint density at radius 1 is 1.50 bits per heavy atom. The molecule has 1 amide bonds. The monoisotopic (exact) mass is 275 g/mol. The van der Waals surface area contributed by atoms with E-state index in [9.17, 15) is 9.90 Å². The number of nitrogens with one attached hydrogen (secondary N) is 1. The van der Waals surface area contributed by atoms with Gasteiger partial charge in [-0.3, -0.25) is 9.78 Å². The molecular formula is C14H17N3O3. The third kappa shape index (κ3) is 2.57. The van der Waals surface area contributed by atoms with Gasteiger partial charge in [0.2, 0.25) is 0 Å². The largest absolute Gasteiger partial charge is 0.392 e. The van der Waals surface area contributed by atoms with Crippen molar-refractivity contribution in [3.05, 3.63) is 30.1 Å². The van der Waals surface area contributed by atoms with Gasteiger partial charge in [0.1, 0.15) is 0 Å². The van der Waals surface area contributed by atoms with Gasteiger partial charge in [-0.05, 0) is 24.5 Å². The molecule has 6 heteroatoms. The molecule has 1 aromatic rings. The van der Waals surface area contributed by atoms with Crippen molar-refractivity contribution in [3.8, 4) is 0 Å². The minimum absolute atomic E-state index is 0.0414. The van der Waals surface area contributed by atoms with Gasteiger partial charge in [-0.1, -0.05) is 0 Å². The summed E-state index contributed by atoms with van der Waals surface area (Å²) in [4.78, 5) is 15.6. The summed E-state index contributed by atoms with van der Waals surface area (Å²) in [5.41, 5.74) is 2.98. The lowest BCUT2D eigenvalue weighted by atomic mass is 9.94. The molecule has 1 saturated heterocycles. The Labute approximate surface area is 116 Å². The SMILES string of the molecule is O=C(N/N=C/[C@H]1[C@@H]2CCO[C@@H]2C[C@@H]1O)c1ccncc1. The first-order valence-corrected chi connectivity index (χ1v) is 6.79. The van der Waals surface area contributed by atoms with Gasteiger partial charge in [-0.2, -0.15) is 5.10 Å². The maximum Gasteiger partial charge on any atom is 0.271 e. The quantitative estimate of drug-likeness (QED) is 0.624. The van der Waals surface area contributed by atoms with Crippen molar-refractivity contribution in [2.45, 2.75) is 25.0 Å². The molecule has 0 unspecified atom stereocenters. The highest BCUT2D eigenvalue weighted by molar-refractivity contribution is 5.94. The molecule has 0 radical (unpaired) electrons. The number of nitrogens with zero attached hydrogens (tertiary/aromatic N) is 2. The molecule has 20 heavy (non-hydrogen) atoms. The average Bonchev–Trinajstić information content (AvgIpc) is 3.02. The van der Waals surface area contributed by atoms with E-state index in [1.54, 1.807) is 30.7 Å². The minimum Gasteiger partial charge on any atom is -0.392 e. The standard InChI is InChI=1S/C14H17N3O3/c18-12-7-13-10(3-6-20-13)11(12)8-16-17-14(19)9-1-4-15-5-2-9/h1-2,4-5,8,10-13,18H,3,6-7H2,(H,17,19)/b16-8+/t10-,11-,12-,13+/m0/s1. The predicted octanol–water partition coefficient (Wildman–Crippen LogP) is 0.583. The zero-order valence-electron chi connectivity index (χ0n) is 11.0. The zero-order chi connectivity index (χ0) is 13.9. The molecule has 2 heterocycles. The number of hydrogen-bond donors (Lipinski definition) is 2. The topological polar surface area (TPSA) is 83.8 Å². The summed E-state index contributed by atoms with van der Waals surface area (Å²) in [6, 6.07) is 3.24. The van der Waals surface area contributed by atoms with Crippen LogP contribution >= 0.6 is 0 Å². The summed E-state index contributed by atoms with van der Waals surface area (Å²) in [6.07, 6.45) is 6.04. The summed E-state index contributed by atoms with van der Waals surface area (Å²) in [5.74, 6) is -0.0119. The van der Waals surface area contributed by atoms with E-state index in [1.807, 2.05) is 0 Å². The van der Waals surface area contributed by atoms with Crippen molar-refractivity contribution in [2.24, 2.45) is 16.9 Å². The summed E-state index contributed by atoms with van der Waals surface area (Å²) < 4.78 is 5.56. The molecular weight excluding hydrogens is 258 g/mol. The van der Waals surface area contributed by atoms with Gasteiger partial charge in [-0.15, -0.1) is 0 Å². The molecule has 0 bridgehead atoms. The van der Waals surface area contributed by atoms with Crippen molar-refractivity contribution in [3.63, 3.8) is 0 Å². The highest BCUT2D eigenvalue weighted by Gasteiger charge is 2.45. The summed E-state index contributed by atoms with van der Waals surface area (Å²) in [7, 11) is 0. The number of pyridine rings is 1. The molecule has 0 spiro atoms. The number of amides is 1. The maximum atomic E-state index is 11.8. The average molecular weight is 275 g/mol. The van der Waals surface area contributed by atoms with E-state index in [-0.39, 0.29) is 17.9 Å². The Kier molecular flexibility index (Phi) is 3.75. The normalized spacial score (nSPS) is 32.5. The summed E-state index contributed by atoms with van der Waals surface area (Å²) in [6.45, 7) is 0.746. The highest BCUT2D eigenvalue weighted by Crippen LogP contribution is 2.39. The summed E-state index contributed by atoms with van der Waals surface area (Å²) in [5, 5.41) is 14.0. The number of fused-ring (bicyclic) bond motifs is 1. The van der Waals surface area contributed by atoms with Crippen LogP contribution in [0.15, 0.2) is 29.6 Å². The first kappa shape index (κ1) is 13.2. The van der Waals surface area contributed by atoms with Gasteiger partial charge in [0.25, 0.3) is 5.91 Å². The predicted molar refractivity (Wildman–Crippen MR) is 72.2 cm³/mol. The Bertz CT molecular complexity index is 506. The van der Waals surface area contributed by atoms with Gasteiger partial charge < -0.3 is 9.84 Å². The third-order valence-electron chi connectivity index (χ3n) is 4.03. The van der Waals surface area contributed by atoms with Crippen molar-refractivity contribution in [2.75, 3.05) is 6.61 Å². The fraction of sp³-hybridized carbons (Fsp3) is 0.500. The number of carbonyl (C=O) groups is 1. The number of aromatic nitrogens is 1. The number of aliphatic hydroxyl groups excluding tert-OH is 1. The fourth-order valence-electron chi connectivity index (χ4n) is 2.99. The van der Waals surface area contributed by atoms with Crippen molar-refractivity contribution in [1.29, 1.82) is 0 Å². The van der Waals surface area contributed by atoms with Gasteiger partial charge >= 0.3 is 0 Å². The van der Waals surface area contributed by atoms with E-state index in [0.717, 1.165) is 13.0 Å². The Balaban J connectivity index is 1.59. The molecule has 1 aliphatic carbocycles. The third-order valence-corrected chi connectivity index (χ3v) is 4.03. The van der Waals surface area contributed by atoms with Gasteiger partial charge in [-0.25, -0.2) is 5.43 Å². The van der Waals surface area contributed by atoms with Crippen molar-refractivity contribution < 1.29 is 14.6 Å². The van der Waals surface area contributed by atoms with Crippen LogP contribution in [-0.2, 0) is 4.74 Å². The van der Waals surface area contributed by atoms with Gasteiger partial charge in [0, 0.05) is 43.1 Å².